The van der Waals surface area contributed by atoms with Crippen molar-refractivity contribution in [2.24, 2.45) is 0 Å². The number of anilines is 2. The smallest absolute Gasteiger partial charge is 0.241 e. The normalized spacial score (nSPS) is 19.9. The van der Waals surface area contributed by atoms with Gasteiger partial charge in [0.1, 0.15) is 0 Å². The number of hydrogen-bond acceptors (Lipinski definition) is 4. The highest BCUT2D eigenvalue weighted by atomic mass is 15.4. The van der Waals surface area contributed by atoms with Crippen molar-refractivity contribution in [3.63, 3.8) is 0 Å². The molecule has 0 amide bonds. The first-order valence-corrected chi connectivity index (χ1v) is 7.81. The molecule has 4 rings (SSSR count). The molecular weight excluding hydrogens is 286 g/mol. The molecule has 3 N–H and O–H groups in total. The minimum Gasteiger partial charge on any atom is -0.366 e. The van der Waals surface area contributed by atoms with E-state index in [1.807, 2.05) is 10.7 Å². The molecule has 116 valence electrons. The monoisotopic (exact) mass is 305 g/mol. The molecule has 5 heteroatoms. The van der Waals surface area contributed by atoms with E-state index in [2.05, 4.69) is 70.9 Å². The second-order valence-corrected chi connectivity index (χ2v) is 6.01. The van der Waals surface area contributed by atoms with Gasteiger partial charge in [0.2, 0.25) is 11.9 Å². The Bertz CT molecular complexity index is 807. The van der Waals surface area contributed by atoms with Crippen LogP contribution in [0.5, 0.6) is 0 Å². The van der Waals surface area contributed by atoms with Crippen LogP contribution in [0.4, 0.5) is 11.9 Å². The van der Waals surface area contributed by atoms with Gasteiger partial charge in [0.05, 0.1) is 12.1 Å². The lowest BCUT2D eigenvalue weighted by Gasteiger charge is -2.31. The van der Waals surface area contributed by atoms with Crippen molar-refractivity contribution in [2.75, 3.05) is 11.1 Å². The van der Waals surface area contributed by atoms with Gasteiger partial charge in [-0.25, -0.2) is 4.68 Å². The van der Waals surface area contributed by atoms with Crippen molar-refractivity contribution >= 4 is 11.9 Å². The number of rotatable bonds is 2. The van der Waals surface area contributed by atoms with Crippen molar-refractivity contribution in [1.29, 1.82) is 0 Å². The molecule has 2 heterocycles. The summed E-state index contributed by atoms with van der Waals surface area (Å²) in [4.78, 5) is 4.34. The number of benzene rings is 2. The summed E-state index contributed by atoms with van der Waals surface area (Å²) < 4.78 is 1.90. The van der Waals surface area contributed by atoms with Crippen molar-refractivity contribution in [2.45, 2.75) is 25.4 Å². The molecule has 2 atom stereocenters. The second-order valence-electron chi connectivity index (χ2n) is 6.01. The molecule has 0 bridgehead atoms. The Morgan fingerprint density at radius 1 is 1.04 bits per heavy atom. The van der Waals surface area contributed by atoms with Crippen LogP contribution in [0.25, 0.3) is 0 Å². The van der Waals surface area contributed by atoms with Gasteiger partial charge in [-0.1, -0.05) is 60.2 Å². The molecule has 0 radical (unpaired) electrons. The van der Waals surface area contributed by atoms with Crippen LogP contribution in [0.15, 0.2) is 54.6 Å². The lowest BCUT2D eigenvalue weighted by atomic mass is 9.93. The zero-order chi connectivity index (χ0) is 15.8. The zero-order valence-corrected chi connectivity index (χ0v) is 13.0. The second kappa shape index (κ2) is 5.43. The maximum absolute atomic E-state index is 5.82. The highest BCUT2D eigenvalue weighted by Gasteiger charge is 2.30. The SMILES string of the molecule is Cc1ccc([C@H]2C[C@@H](c3ccccc3)n3nc(N)nc3N2)cc1. The molecule has 0 aliphatic carbocycles. The summed E-state index contributed by atoms with van der Waals surface area (Å²) in [5.74, 6) is 1.03. The van der Waals surface area contributed by atoms with E-state index in [1.165, 1.54) is 16.7 Å². The van der Waals surface area contributed by atoms with E-state index in [0.29, 0.717) is 5.95 Å². The van der Waals surface area contributed by atoms with Gasteiger partial charge in [0.25, 0.3) is 0 Å². The van der Waals surface area contributed by atoms with Crippen molar-refractivity contribution in [3.05, 3.63) is 71.3 Å². The molecular formula is C18H19N5. The van der Waals surface area contributed by atoms with Crippen LogP contribution in [0.1, 0.15) is 35.2 Å². The lowest BCUT2D eigenvalue weighted by molar-refractivity contribution is 0.431. The number of nitrogens with zero attached hydrogens (tertiary/aromatic N) is 3. The summed E-state index contributed by atoms with van der Waals surface area (Å²) in [5.41, 5.74) is 9.55. The molecule has 23 heavy (non-hydrogen) atoms. The van der Waals surface area contributed by atoms with Gasteiger partial charge >= 0.3 is 0 Å². The Hall–Kier alpha value is -2.82. The van der Waals surface area contributed by atoms with Crippen molar-refractivity contribution in [3.8, 4) is 0 Å². The Morgan fingerprint density at radius 3 is 2.52 bits per heavy atom. The van der Waals surface area contributed by atoms with Crippen LogP contribution in [-0.4, -0.2) is 14.8 Å². The molecule has 1 aliphatic heterocycles. The van der Waals surface area contributed by atoms with Crippen LogP contribution in [-0.2, 0) is 0 Å². The minimum absolute atomic E-state index is 0.128. The van der Waals surface area contributed by atoms with E-state index in [1.54, 1.807) is 0 Å². The molecule has 0 saturated heterocycles. The third-order valence-corrected chi connectivity index (χ3v) is 4.37. The molecule has 5 nitrogen and oxygen atoms in total. The first-order valence-electron chi connectivity index (χ1n) is 7.81. The number of aromatic nitrogens is 3. The quantitative estimate of drug-likeness (QED) is 0.762. The van der Waals surface area contributed by atoms with Gasteiger partial charge in [0, 0.05) is 0 Å². The Morgan fingerprint density at radius 2 is 1.78 bits per heavy atom. The predicted octanol–water partition coefficient (Wildman–Crippen LogP) is 3.32. The molecule has 0 unspecified atom stereocenters. The van der Waals surface area contributed by atoms with Gasteiger partial charge in [-0.15, -0.1) is 5.10 Å². The number of aryl methyl sites for hydroxylation is 1. The molecule has 0 saturated carbocycles. The average molecular weight is 305 g/mol. The van der Waals surface area contributed by atoms with Gasteiger partial charge in [-0.2, -0.15) is 4.98 Å². The topological polar surface area (TPSA) is 68.8 Å². The lowest BCUT2D eigenvalue weighted by Crippen LogP contribution is -2.28. The number of nitrogen functional groups attached to an aromatic ring is 1. The highest BCUT2D eigenvalue weighted by molar-refractivity contribution is 5.41. The standard InChI is InChI=1S/C18H19N5/c1-12-7-9-13(10-8-12)15-11-16(14-5-3-2-4-6-14)23-18(20-15)21-17(19)22-23/h2-10,15-16H,11H2,1H3,(H3,19,20,21,22)/t15-,16+/m1/s1. The van der Waals surface area contributed by atoms with Crippen molar-refractivity contribution in [1.82, 2.24) is 14.8 Å². The number of nitrogens with two attached hydrogens (primary N) is 1. The van der Waals surface area contributed by atoms with Crippen molar-refractivity contribution < 1.29 is 0 Å². The Labute approximate surface area is 135 Å². The summed E-state index contributed by atoms with van der Waals surface area (Å²) in [5, 5.41) is 7.83. The molecule has 0 spiro atoms. The van der Waals surface area contributed by atoms with Crippen LogP contribution in [0, 0.1) is 6.92 Å². The molecule has 0 fully saturated rings. The van der Waals surface area contributed by atoms with Crippen LogP contribution in [0.3, 0.4) is 0 Å². The molecule has 2 aromatic carbocycles. The third kappa shape index (κ3) is 2.54. The summed E-state index contributed by atoms with van der Waals surface area (Å²) in [6.45, 7) is 2.10. The van der Waals surface area contributed by atoms with Gasteiger partial charge < -0.3 is 11.1 Å². The van der Waals surface area contributed by atoms with E-state index >= 15 is 0 Å². The summed E-state index contributed by atoms with van der Waals surface area (Å²) in [6.07, 6.45) is 0.906. The summed E-state index contributed by atoms with van der Waals surface area (Å²) >= 11 is 0. The molecule has 1 aliphatic rings. The van der Waals surface area contributed by atoms with Gasteiger partial charge in [-0.05, 0) is 24.5 Å². The van der Waals surface area contributed by atoms with E-state index in [0.717, 1.165) is 12.4 Å². The largest absolute Gasteiger partial charge is 0.366 e. The maximum Gasteiger partial charge on any atom is 0.241 e. The van der Waals surface area contributed by atoms with Crippen LogP contribution in [0.2, 0.25) is 0 Å². The van der Waals surface area contributed by atoms with Crippen LogP contribution < -0.4 is 11.1 Å². The van der Waals surface area contributed by atoms with Crippen LogP contribution >= 0.6 is 0 Å². The zero-order valence-electron chi connectivity index (χ0n) is 13.0. The number of hydrogen-bond donors (Lipinski definition) is 2. The maximum atomic E-state index is 5.82. The summed E-state index contributed by atoms with van der Waals surface area (Å²) in [7, 11) is 0. The van der Waals surface area contributed by atoms with Gasteiger partial charge in [-0.3, -0.25) is 0 Å². The fourth-order valence-corrected chi connectivity index (χ4v) is 3.16. The molecule has 1 aromatic heterocycles. The minimum atomic E-state index is 0.128. The fraction of sp³-hybridized carbons (Fsp3) is 0.222. The first-order chi connectivity index (χ1) is 11.2. The van der Waals surface area contributed by atoms with E-state index in [9.17, 15) is 0 Å². The molecule has 3 aromatic rings. The van der Waals surface area contributed by atoms with E-state index in [4.69, 9.17) is 5.73 Å². The number of nitrogens with one attached hydrogen (secondary N) is 1. The first kappa shape index (κ1) is 13.8. The Kier molecular flexibility index (Phi) is 3.26. The van der Waals surface area contributed by atoms with E-state index in [-0.39, 0.29) is 12.1 Å². The van der Waals surface area contributed by atoms with E-state index < -0.39 is 0 Å². The fourth-order valence-electron chi connectivity index (χ4n) is 3.16. The highest BCUT2D eigenvalue weighted by Crippen LogP contribution is 2.37. The van der Waals surface area contributed by atoms with Gasteiger partial charge in [0.15, 0.2) is 0 Å². The third-order valence-electron chi connectivity index (χ3n) is 4.37. The average Bonchev–Trinajstić information content (AvgIpc) is 2.95. The predicted molar refractivity (Wildman–Crippen MR) is 91.2 cm³/mol. The number of fused-ring (bicyclic) bond motifs is 1. The summed E-state index contributed by atoms with van der Waals surface area (Å²) in [6, 6.07) is 19.3. The Balaban J connectivity index is 1.75.